The van der Waals surface area contributed by atoms with Gasteiger partial charge in [-0.3, -0.25) is 4.98 Å². The Morgan fingerprint density at radius 1 is 1.57 bits per heavy atom. The molecule has 0 aliphatic rings. The van der Waals surface area contributed by atoms with Crippen LogP contribution in [0.1, 0.15) is 13.8 Å². The third-order valence-electron chi connectivity index (χ3n) is 1.47. The van der Waals surface area contributed by atoms with Gasteiger partial charge in [-0.1, -0.05) is 0 Å². The molecule has 14 heavy (non-hydrogen) atoms. The van der Waals surface area contributed by atoms with Crippen LogP contribution >= 0.6 is 11.6 Å². The van der Waals surface area contributed by atoms with Crippen molar-refractivity contribution in [2.24, 2.45) is 0 Å². The molecule has 0 spiro atoms. The SMILES string of the molecule is CCOc1cncc(NCC(C)Cl)n1. The first-order chi connectivity index (χ1) is 6.72. The summed E-state index contributed by atoms with van der Waals surface area (Å²) < 4.78 is 5.21. The number of ether oxygens (including phenoxy) is 1. The summed E-state index contributed by atoms with van der Waals surface area (Å²) in [6.45, 7) is 5.06. The summed E-state index contributed by atoms with van der Waals surface area (Å²) in [5.74, 6) is 1.21. The topological polar surface area (TPSA) is 47.0 Å². The smallest absolute Gasteiger partial charge is 0.234 e. The van der Waals surface area contributed by atoms with Gasteiger partial charge in [0.1, 0.15) is 5.82 Å². The van der Waals surface area contributed by atoms with Crippen molar-refractivity contribution in [2.75, 3.05) is 18.5 Å². The lowest BCUT2D eigenvalue weighted by atomic mass is 10.4. The number of anilines is 1. The van der Waals surface area contributed by atoms with Crippen LogP contribution in [0.25, 0.3) is 0 Å². The molecule has 4 nitrogen and oxygen atoms in total. The van der Waals surface area contributed by atoms with Crippen molar-refractivity contribution in [3.63, 3.8) is 0 Å². The minimum absolute atomic E-state index is 0.0625. The Kier molecular flexibility index (Phi) is 4.46. The summed E-state index contributed by atoms with van der Waals surface area (Å²) in [7, 11) is 0. The van der Waals surface area contributed by atoms with E-state index in [2.05, 4.69) is 15.3 Å². The monoisotopic (exact) mass is 215 g/mol. The maximum atomic E-state index is 5.79. The molecule has 0 amide bonds. The van der Waals surface area contributed by atoms with E-state index in [-0.39, 0.29) is 5.38 Å². The fraction of sp³-hybridized carbons (Fsp3) is 0.556. The van der Waals surface area contributed by atoms with Crippen molar-refractivity contribution in [1.29, 1.82) is 0 Å². The summed E-state index contributed by atoms with van der Waals surface area (Å²) in [6, 6.07) is 0. The highest BCUT2D eigenvalue weighted by Crippen LogP contribution is 2.09. The molecule has 78 valence electrons. The molecule has 0 aromatic carbocycles. The molecule has 1 heterocycles. The maximum absolute atomic E-state index is 5.79. The second kappa shape index (κ2) is 5.65. The van der Waals surface area contributed by atoms with Gasteiger partial charge in [-0.2, -0.15) is 4.98 Å². The number of aromatic nitrogens is 2. The van der Waals surface area contributed by atoms with E-state index < -0.39 is 0 Å². The Bertz CT molecular complexity index is 281. The molecule has 0 radical (unpaired) electrons. The summed E-state index contributed by atoms with van der Waals surface area (Å²) in [5.41, 5.74) is 0. The minimum Gasteiger partial charge on any atom is -0.477 e. The second-order valence-electron chi connectivity index (χ2n) is 2.84. The van der Waals surface area contributed by atoms with Crippen LogP contribution in [0.15, 0.2) is 12.4 Å². The van der Waals surface area contributed by atoms with Crippen molar-refractivity contribution in [3.8, 4) is 5.88 Å². The lowest BCUT2D eigenvalue weighted by Gasteiger charge is -2.07. The van der Waals surface area contributed by atoms with Gasteiger partial charge in [-0.05, 0) is 13.8 Å². The van der Waals surface area contributed by atoms with Crippen LogP contribution in [0, 0.1) is 0 Å². The molecule has 0 saturated heterocycles. The highest BCUT2D eigenvalue weighted by Gasteiger charge is 2.00. The van der Waals surface area contributed by atoms with E-state index >= 15 is 0 Å². The number of hydrogen-bond donors (Lipinski definition) is 1. The Hall–Kier alpha value is -1.03. The van der Waals surface area contributed by atoms with Gasteiger partial charge in [-0.15, -0.1) is 11.6 Å². The van der Waals surface area contributed by atoms with Gasteiger partial charge in [-0.25, -0.2) is 0 Å². The maximum Gasteiger partial charge on any atom is 0.234 e. The highest BCUT2D eigenvalue weighted by molar-refractivity contribution is 6.20. The summed E-state index contributed by atoms with van der Waals surface area (Å²) in [5, 5.41) is 3.12. The number of nitrogens with one attached hydrogen (secondary N) is 1. The highest BCUT2D eigenvalue weighted by atomic mass is 35.5. The van der Waals surface area contributed by atoms with Crippen molar-refractivity contribution in [3.05, 3.63) is 12.4 Å². The van der Waals surface area contributed by atoms with Gasteiger partial charge in [0, 0.05) is 11.9 Å². The third-order valence-corrected chi connectivity index (χ3v) is 1.62. The predicted molar refractivity (Wildman–Crippen MR) is 57.0 cm³/mol. The van der Waals surface area contributed by atoms with Gasteiger partial charge in [0.05, 0.1) is 19.0 Å². The summed E-state index contributed by atoms with van der Waals surface area (Å²) in [6.07, 6.45) is 3.22. The van der Waals surface area contributed by atoms with Crippen molar-refractivity contribution >= 4 is 17.4 Å². The van der Waals surface area contributed by atoms with Crippen molar-refractivity contribution < 1.29 is 4.74 Å². The number of rotatable bonds is 5. The second-order valence-corrected chi connectivity index (χ2v) is 3.58. The van der Waals surface area contributed by atoms with E-state index in [0.29, 0.717) is 24.8 Å². The van der Waals surface area contributed by atoms with E-state index in [1.165, 1.54) is 0 Å². The molecular formula is C9H14ClN3O. The predicted octanol–water partition coefficient (Wildman–Crippen LogP) is 1.91. The zero-order chi connectivity index (χ0) is 10.4. The minimum atomic E-state index is 0.0625. The normalized spacial score (nSPS) is 12.2. The summed E-state index contributed by atoms with van der Waals surface area (Å²) in [4.78, 5) is 8.17. The fourth-order valence-electron chi connectivity index (χ4n) is 0.896. The molecule has 1 aromatic rings. The van der Waals surface area contributed by atoms with Crippen LogP contribution in [-0.2, 0) is 0 Å². The lowest BCUT2D eigenvalue weighted by Crippen LogP contribution is -2.12. The van der Waals surface area contributed by atoms with Gasteiger partial charge in [0.2, 0.25) is 5.88 Å². The van der Waals surface area contributed by atoms with E-state index in [1.54, 1.807) is 12.4 Å². The molecule has 0 aliphatic heterocycles. The average molecular weight is 216 g/mol. The van der Waals surface area contributed by atoms with Crippen LogP contribution in [0.2, 0.25) is 0 Å². The molecule has 5 heteroatoms. The molecule has 0 bridgehead atoms. The number of hydrogen-bond acceptors (Lipinski definition) is 4. The first kappa shape index (κ1) is 11.0. The summed E-state index contributed by atoms with van der Waals surface area (Å²) >= 11 is 5.79. The van der Waals surface area contributed by atoms with Gasteiger partial charge >= 0.3 is 0 Å². The first-order valence-corrected chi connectivity index (χ1v) is 4.98. The lowest BCUT2D eigenvalue weighted by molar-refractivity contribution is 0.325. The van der Waals surface area contributed by atoms with Crippen LogP contribution in [-0.4, -0.2) is 28.5 Å². The van der Waals surface area contributed by atoms with Crippen LogP contribution in [0.4, 0.5) is 5.82 Å². The molecule has 1 N–H and O–H groups in total. The van der Waals surface area contributed by atoms with E-state index in [0.717, 1.165) is 0 Å². The molecular weight excluding hydrogens is 202 g/mol. The van der Waals surface area contributed by atoms with E-state index in [1.807, 2.05) is 13.8 Å². The number of alkyl halides is 1. The quantitative estimate of drug-likeness (QED) is 0.763. The molecule has 1 atom stereocenters. The molecule has 0 fully saturated rings. The van der Waals surface area contributed by atoms with Crippen LogP contribution in [0.3, 0.4) is 0 Å². The Labute approximate surface area is 88.7 Å². The van der Waals surface area contributed by atoms with Gasteiger partial charge < -0.3 is 10.1 Å². The Morgan fingerprint density at radius 2 is 2.36 bits per heavy atom. The largest absolute Gasteiger partial charge is 0.477 e. The number of nitrogens with zero attached hydrogens (tertiary/aromatic N) is 2. The molecule has 1 aromatic heterocycles. The van der Waals surface area contributed by atoms with Gasteiger partial charge in [0.15, 0.2) is 0 Å². The fourth-order valence-corrected chi connectivity index (χ4v) is 0.973. The molecule has 1 unspecified atom stereocenters. The zero-order valence-corrected chi connectivity index (χ0v) is 9.08. The zero-order valence-electron chi connectivity index (χ0n) is 8.33. The average Bonchev–Trinajstić information content (AvgIpc) is 2.16. The van der Waals surface area contributed by atoms with E-state index in [4.69, 9.17) is 16.3 Å². The molecule has 0 aliphatic carbocycles. The Morgan fingerprint density at radius 3 is 3.00 bits per heavy atom. The standard InChI is InChI=1S/C9H14ClN3O/c1-3-14-9-6-11-5-8(13-9)12-4-7(2)10/h5-7H,3-4H2,1-2H3,(H,12,13). The molecule has 1 rings (SSSR count). The first-order valence-electron chi connectivity index (χ1n) is 4.55. The Balaban J connectivity index is 2.54. The van der Waals surface area contributed by atoms with Crippen molar-refractivity contribution in [2.45, 2.75) is 19.2 Å². The van der Waals surface area contributed by atoms with E-state index in [9.17, 15) is 0 Å². The van der Waals surface area contributed by atoms with Crippen molar-refractivity contribution in [1.82, 2.24) is 9.97 Å². The van der Waals surface area contributed by atoms with Crippen LogP contribution in [0.5, 0.6) is 5.88 Å². The molecule has 0 saturated carbocycles. The third kappa shape index (κ3) is 3.79. The van der Waals surface area contributed by atoms with Crippen LogP contribution < -0.4 is 10.1 Å². The number of halogens is 1. The van der Waals surface area contributed by atoms with Gasteiger partial charge in [0.25, 0.3) is 0 Å².